The van der Waals surface area contributed by atoms with Crippen LogP contribution in [0.1, 0.15) is 76.9 Å². The normalized spacial score (nSPS) is 21.8. The lowest BCUT2D eigenvalue weighted by molar-refractivity contribution is -0.137. The van der Waals surface area contributed by atoms with Crippen molar-refractivity contribution in [3.63, 3.8) is 0 Å². The van der Waals surface area contributed by atoms with Crippen molar-refractivity contribution in [1.82, 2.24) is 40.6 Å². The summed E-state index contributed by atoms with van der Waals surface area (Å²) < 4.78 is 14.1. The Balaban J connectivity index is 0.662. The number of fused-ring (bicyclic) bond motifs is 1. The number of hydrogen-bond acceptors (Lipinski definition) is 14. The van der Waals surface area contributed by atoms with Gasteiger partial charge in [-0.3, -0.25) is 29.3 Å². The number of aromatic nitrogens is 4. The number of nitrogens with zero attached hydrogens (tertiary/aromatic N) is 8. The molecule has 3 atom stereocenters. The van der Waals surface area contributed by atoms with E-state index in [1.807, 2.05) is 41.3 Å². The van der Waals surface area contributed by atoms with E-state index in [0.29, 0.717) is 42.2 Å². The van der Waals surface area contributed by atoms with Gasteiger partial charge in [0.2, 0.25) is 17.7 Å². The standard InChI is InChI=1S/C45H51FN12O5S/c46-33-24-56(16-13-34(33)47)38-21-49-41(22-48-38)64-31-5-3-4-30(19-31)51-39(59)6-1-2-15-55-25-45(26-55)14-17-57(27-45)37-11-9-35(53-54-37)42(61)50-20-28-7-8-32-29(18-28)23-58(44(32)63)36-10-12-40(60)52-43(36)62/h3-5,7-9,11,18-19,21-22,33-34,36H,1-2,6,10,12-17,20,23-27,47H2,(H,50,61)(H,51,59)(H,52,60,62). The molecule has 1 spiro atoms. The molecule has 0 radical (unpaired) electrons. The Bertz CT molecular complexity index is 2420. The van der Waals surface area contributed by atoms with E-state index >= 15 is 0 Å². The first-order valence-electron chi connectivity index (χ1n) is 21.9. The molecule has 5 aliphatic rings. The molecule has 0 saturated carbocycles. The molecule has 9 rings (SSSR count). The van der Waals surface area contributed by atoms with Crippen molar-refractivity contribution in [1.29, 1.82) is 0 Å². The summed E-state index contributed by atoms with van der Waals surface area (Å²) >= 11 is 1.45. The van der Waals surface area contributed by atoms with Crippen LogP contribution in [-0.2, 0) is 27.5 Å². The third-order valence-electron chi connectivity index (χ3n) is 12.8. The van der Waals surface area contributed by atoms with Gasteiger partial charge in [0.05, 0.1) is 18.9 Å². The van der Waals surface area contributed by atoms with Gasteiger partial charge < -0.3 is 36.0 Å². The third kappa shape index (κ3) is 9.70. The first-order valence-corrected chi connectivity index (χ1v) is 22.7. The fourth-order valence-corrected chi connectivity index (χ4v) is 10.1. The topological polar surface area (TPSA) is 212 Å². The van der Waals surface area contributed by atoms with Crippen molar-refractivity contribution in [2.24, 2.45) is 11.1 Å². The zero-order chi connectivity index (χ0) is 44.4. The van der Waals surface area contributed by atoms with E-state index in [1.54, 1.807) is 30.6 Å². The Morgan fingerprint density at radius 2 is 1.81 bits per heavy atom. The highest BCUT2D eigenvalue weighted by molar-refractivity contribution is 7.99. The predicted octanol–water partition coefficient (Wildman–Crippen LogP) is 3.31. The first kappa shape index (κ1) is 43.2. The summed E-state index contributed by atoms with van der Waals surface area (Å²) in [6.45, 7) is 6.04. The van der Waals surface area contributed by atoms with Gasteiger partial charge in [0.1, 0.15) is 23.1 Å². The number of imide groups is 1. The smallest absolute Gasteiger partial charge is 0.272 e. The fourth-order valence-electron chi connectivity index (χ4n) is 9.33. The molecule has 5 amide bonds. The molecule has 4 aromatic rings. The van der Waals surface area contributed by atoms with Gasteiger partial charge in [0, 0.05) is 86.3 Å². The van der Waals surface area contributed by atoms with Gasteiger partial charge in [-0.1, -0.05) is 30.0 Å². The maximum absolute atomic E-state index is 14.1. The van der Waals surface area contributed by atoms with Crippen LogP contribution in [0.3, 0.4) is 0 Å². The number of nitrogens with one attached hydrogen (secondary N) is 3. The van der Waals surface area contributed by atoms with E-state index in [4.69, 9.17) is 5.73 Å². The molecule has 3 unspecified atom stereocenters. The van der Waals surface area contributed by atoms with Crippen LogP contribution in [0.5, 0.6) is 0 Å². The van der Waals surface area contributed by atoms with Crippen LogP contribution < -0.4 is 31.5 Å². The average molecular weight is 891 g/mol. The van der Waals surface area contributed by atoms with E-state index < -0.39 is 24.2 Å². The number of benzene rings is 2. The van der Waals surface area contributed by atoms with E-state index in [9.17, 15) is 28.4 Å². The second kappa shape index (κ2) is 18.6. The first-order chi connectivity index (χ1) is 31.0. The van der Waals surface area contributed by atoms with Crippen molar-refractivity contribution < 1.29 is 28.4 Å². The number of unbranched alkanes of at least 4 members (excludes halogenated alkanes) is 1. The van der Waals surface area contributed by atoms with Crippen molar-refractivity contribution in [3.05, 3.63) is 89.4 Å². The van der Waals surface area contributed by atoms with Gasteiger partial charge in [-0.15, -0.1) is 10.2 Å². The highest BCUT2D eigenvalue weighted by Crippen LogP contribution is 2.41. The Morgan fingerprint density at radius 1 is 0.938 bits per heavy atom. The molecular formula is C45H51FN12O5S. The number of alkyl halides is 1. The lowest BCUT2D eigenvalue weighted by Crippen LogP contribution is -2.57. The summed E-state index contributed by atoms with van der Waals surface area (Å²) in [5.74, 6) is -0.0196. The minimum atomic E-state index is -1.08. The van der Waals surface area contributed by atoms with Gasteiger partial charge in [-0.25, -0.2) is 14.4 Å². The number of rotatable bonds is 14. The number of hydrogen-bond donors (Lipinski definition) is 4. The summed E-state index contributed by atoms with van der Waals surface area (Å²) in [5.41, 5.74) is 9.04. The SMILES string of the molecule is NC1CCN(c2cnc(Sc3cccc(NC(=O)CCCCN4CC5(CCN(c6ccc(C(=O)NCc7ccc8c(c7)CN(C7CCC(=O)NC7=O)C8=O)nn6)C5)C4)c3)cn2)CC1F. The molecule has 334 valence electrons. The van der Waals surface area contributed by atoms with E-state index in [0.717, 1.165) is 79.5 Å². The molecule has 2 aromatic carbocycles. The second-order valence-corrected chi connectivity index (χ2v) is 18.6. The van der Waals surface area contributed by atoms with Crippen LogP contribution in [0, 0.1) is 5.41 Å². The molecule has 19 heteroatoms. The molecule has 64 heavy (non-hydrogen) atoms. The number of likely N-dealkylation sites (tertiary alicyclic amines) is 1. The Morgan fingerprint density at radius 3 is 2.59 bits per heavy atom. The van der Waals surface area contributed by atoms with Crippen LogP contribution in [-0.4, -0.2) is 124 Å². The number of amides is 5. The van der Waals surface area contributed by atoms with Crippen molar-refractivity contribution in [3.8, 4) is 0 Å². The van der Waals surface area contributed by atoms with Crippen LogP contribution in [0.4, 0.5) is 21.7 Å². The van der Waals surface area contributed by atoms with E-state index in [1.165, 1.54) is 16.7 Å². The molecule has 4 fully saturated rings. The van der Waals surface area contributed by atoms with Gasteiger partial charge in [-0.05, 0) is 86.2 Å². The summed E-state index contributed by atoms with van der Waals surface area (Å²) in [5, 5.41) is 17.6. The number of piperidine rings is 2. The summed E-state index contributed by atoms with van der Waals surface area (Å²) in [4.78, 5) is 80.8. The number of carbonyl (C=O) groups is 5. The molecule has 0 bridgehead atoms. The molecule has 5 N–H and O–H groups in total. The lowest BCUT2D eigenvalue weighted by Gasteiger charge is -2.48. The summed E-state index contributed by atoms with van der Waals surface area (Å²) in [7, 11) is 0. The molecule has 0 aliphatic carbocycles. The molecule has 4 saturated heterocycles. The maximum atomic E-state index is 14.1. The quantitative estimate of drug-likeness (QED) is 0.106. The molecular weight excluding hydrogens is 840 g/mol. The van der Waals surface area contributed by atoms with E-state index in [-0.39, 0.29) is 60.8 Å². The Hall–Kier alpha value is -6.05. The summed E-state index contributed by atoms with van der Waals surface area (Å²) in [6, 6.07) is 15.4. The zero-order valence-electron chi connectivity index (χ0n) is 35.4. The van der Waals surface area contributed by atoms with Gasteiger partial charge in [0.15, 0.2) is 11.5 Å². The number of halogens is 1. The zero-order valence-corrected chi connectivity index (χ0v) is 36.2. The van der Waals surface area contributed by atoms with Crippen LogP contribution in [0.15, 0.2) is 76.9 Å². The molecule has 17 nitrogen and oxygen atoms in total. The maximum Gasteiger partial charge on any atom is 0.272 e. The van der Waals surface area contributed by atoms with Crippen LogP contribution >= 0.6 is 11.8 Å². The third-order valence-corrected chi connectivity index (χ3v) is 13.7. The highest BCUT2D eigenvalue weighted by atomic mass is 32.2. The fraction of sp³-hybridized carbons (Fsp3) is 0.444. The minimum Gasteiger partial charge on any atom is -0.354 e. The predicted molar refractivity (Wildman–Crippen MR) is 236 cm³/mol. The number of anilines is 3. The van der Waals surface area contributed by atoms with Gasteiger partial charge >= 0.3 is 0 Å². The minimum absolute atomic E-state index is 0.0192. The van der Waals surface area contributed by atoms with Crippen molar-refractivity contribution in [2.75, 3.05) is 60.9 Å². The Labute approximate surface area is 374 Å². The van der Waals surface area contributed by atoms with Crippen LogP contribution in [0.2, 0.25) is 0 Å². The monoisotopic (exact) mass is 890 g/mol. The van der Waals surface area contributed by atoms with Crippen LogP contribution in [0.25, 0.3) is 0 Å². The van der Waals surface area contributed by atoms with Crippen molar-refractivity contribution in [2.45, 2.75) is 86.2 Å². The van der Waals surface area contributed by atoms with Gasteiger partial charge in [0.25, 0.3) is 11.8 Å². The average Bonchev–Trinajstić information content (AvgIpc) is 3.87. The largest absolute Gasteiger partial charge is 0.354 e. The summed E-state index contributed by atoms with van der Waals surface area (Å²) in [6.07, 6.45) is 6.54. The molecule has 5 aliphatic heterocycles. The second-order valence-electron chi connectivity index (χ2n) is 17.5. The number of carbonyl (C=O) groups excluding carboxylic acids is 5. The molecule has 2 aromatic heterocycles. The van der Waals surface area contributed by atoms with Gasteiger partial charge in [-0.2, -0.15) is 0 Å². The number of nitrogens with two attached hydrogens (primary N) is 1. The molecule has 7 heterocycles. The Kier molecular flexibility index (Phi) is 12.5. The lowest BCUT2D eigenvalue weighted by atomic mass is 9.79. The highest BCUT2D eigenvalue weighted by Gasteiger charge is 2.47. The van der Waals surface area contributed by atoms with E-state index in [2.05, 4.69) is 45.9 Å². The van der Waals surface area contributed by atoms with Crippen molar-refractivity contribution >= 4 is 58.6 Å².